The molecule has 0 aromatic heterocycles. The Morgan fingerprint density at radius 3 is 2.33 bits per heavy atom. The van der Waals surface area contributed by atoms with Crippen molar-refractivity contribution in [3.05, 3.63) is 0 Å². The summed E-state index contributed by atoms with van der Waals surface area (Å²) in [6, 6.07) is 0. The summed E-state index contributed by atoms with van der Waals surface area (Å²) in [7, 11) is 0. The molecular weight excluding hydrogens is 112 g/mol. The summed E-state index contributed by atoms with van der Waals surface area (Å²) in [5.41, 5.74) is 0. The fourth-order valence-electron chi connectivity index (χ4n) is 2.19. The highest BCUT2D eigenvalue weighted by Gasteiger charge is 2.48. The molecular formula is C8H12O. The number of fused-ring (bicyclic) bond motifs is 1. The van der Waals surface area contributed by atoms with Gasteiger partial charge in [-0.15, -0.1) is 0 Å². The van der Waals surface area contributed by atoms with Gasteiger partial charge >= 0.3 is 0 Å². The van der Waals surface area contributed by atoms with Gasteiger partial charge in [-0.2, -0.15) is 0 Å². The van der Waals surface area contributed by atoms with Gasteiger partial charge < -0.3 is 0 Å². The van der Waals surface area contributed by atoms with E-state index in [-0.39, 0.29) is 0 Å². The lowest BCUT2D eigenvalue weighted by molar-refractivity contribution is -0.135. The molecule has 0 N–H and O–H groups in total. The van der Waals surface area contributed by atoms with Crippen molar-refractivity contribution in [2.75, 3.05) is 0 Å². The first-order chi connectivity index (χ1) is 4.29. The van der Waals surface area contributed by atoms with Crippen molar-refractivity contribution in [2.45, 2.75) is 26.2 Å². The molecule has 0 heterocycles. The third kappa shape index (κ3) is 0.577. The number of hydrogen-bond donors (Lipinski definition) is 0. The topological polar surface area (TPSA) is 17.1 Å². The molecule has 2 fully saturated rings. The van der Waals surface area contributed by atoms with E-state index in [9.17, 15) is 4.79 Å². The quantitative estimate of drug-likeness (QED) is 0.519. The molecule has 0 spiro atoms. The van der Waals surface area contributed by atoms with E-state index >= 15 is 0 Å². The van der Waals surface area contributed by atoms with Gasteiger partial charge in [0.25, 0.3) is 0 Å². The van der Waals surface area contributed by atoms with E-state index in [0.29, 0.717) is 11.7 Å². The van der Waals surface area contributed by atoms with Crippen molar-refractivity contribution >= 4 is 5.78 Å². The zero-order valence-electron chi connectivity index (χ0n) is 5.76. The maximum atomic E-state index is 10.8. The first kappa shape index (κ1) is 5.45. The highest BCUT2D eigenvalue weighted by molar-refractivity contribution is 5.79. The van der Waals surface area contributed by atoms with Crippen LogP contribution in [0.4, 0.5) is 0 Å². The molecule has 0 radical (unpaired) electrons. The summed E-state index contributed by atoms with van der Waals surface area (Å²) < 4.78 is 0. The molecule has 0 bridgehead atoms. The third-order valence-corrected chi connectivity index (χ3v) is 3.07. The average Bonchev–Trinajstić information content (AvgIpc) is 1.76. The van der Waals surface area contributed by atoms with Gasteiger partial charge in [-0.05, 0) is 38.0 Å². The summed E-state index contributed by atoms with van der Waals surface area (Å²) in [5.74, 6) is 2.68. The van der Waals surface area contributed by atoms with Crippen molar-refractivity contribution in [3.8, 4) is 0 Å². The van der Waals surface area contributed by atoms with Crippen LogP contribution in [0.3, 0.4) is 0 Å². The number of carbonyl (C=O) groups excluding carboxylic acids is 1. The largest absolute Gasteiger partial charge is 0.300 e. The minimum Gasteiger partial charge on any atom is -0.300 e. The maximum absolute atomic E-state index is 10.8. The zero-order chi connectivity index (χ0) is 6.43. The Kier molecular flexibility index (Phi) is 0.961. The van der Waals surface area contributed by atoms with Gasteiger partial charge in [0.2, 0.25) is 0 Å². The van der Waals surface area contributed by atoms with Crippen LogP contribution in [0.1, 0.15) is 26.2 Å². The van der Waals surface area contributed by atoms with E-state index in [0.717, 1.165) is 11.8 Å². The predicted octanol–water partition coefficient (Wildman–Crippen LogP) is 1.62. The van der Waals surface area contributed by atoms with Crippen molar-refractivity contribution in [3.63, 3.8) is 0 Å². The van der Waals surface area contributed by atoms with Crippen LogP contribution in [-0.2, 0) is 4.79 Å². The van der Waals surface area contributed by atoms with Gasteiger partial charge in [-0.25, -0.2) is 0 Å². The monoisotopic (exact) mass is 124 g/mol. The Morgan fingerprint density at radius 2 is 2.22 bits per heavy atom. The molecule has 2 aliphatic rings. The highest BCUT2D eigenvalue weighted by Crippen LogP contribution is 2.54. The van der Waals surface area contributed by atoms with Gasteiger partial charge in [0.05, 0.1) is 0 Å². The summed E-state index contributed by atoms with van der Waals surface area (Å²) in [4.78, 5) is 10.8. The smallest absolute Gasteiger partial charge is 0.133 e. The summed E-state index contributed by atoms with van der Waals surface area (Å²) in [6.07, 6.45) is 3.93. The number of hydrogen-bond acceptors (Lipinski definition) is 1. The second-order valence-electron chi connectivity index (χ2n) is 3.45. The number of ketones is 1. The summed E-state index contributed by atoms with van der Waals surface area (Å²) >= 11 is 0. The van der Waals surface area contributed by atoms with Crippen LogP contribution in [0.25, 0.3) is 0 Å². The summed E-state index contributed by atoms with van der Waals surface area (Å²) in [6.45, 7) is 1.74. The molecule has 0 unspecified atom stereocenters. The molecule has 0 aromatic carbocycles. The van der Waals surface area contributed by atoms with Crippen molar-refractivity contribution in [1.82, 2.24) is 0 Å². The fourth-order valence-corrected chi connectivity index (χ4v) is 2.19. The molecule has 0 saturated heterocycles. The van der Waals surface area contributed by atoms with E-state index in [1.165, 1.54) is 19.3 Å². The molecule has 2 saturated carbocycles. The molecule has 1 nitrogen and oxygen atoms in total. The van der Waals surface area contributed by atoms with Crippen molar-refractivity contribution in [1.29, 1.82) is 0 Å². The molecule has 0 amide bonds. The third-order valence-electron chi connectivity index (χ3n) is 3.07. The molecule has 0 aromatic rings. The van der Waals surface area contributed by atoms with Gasteiger partial charge in [-0.3, -0.25) is 4.79 Å². The lowest BCUT2D eigenvalue weighted by Crippen LogP contribution is -2.47. The van der Waals surface area contributed by atoms with Crippen LogP contribution in [0.2, 0.25) is 0 Å². The normalized spacial score (nSPS) is 46.6. The number of carbonyl (C=O) groups is 1. The first-order valence-electron chi connectivity index (χ1n) is 3.79. The van der Waals surface area contributed by atoms with Crippen molar-refractivity contribution in [2.24, 2.45) is 17.8 Å². The van der Waals surface area contributed by atoms with Crippen LogP contribution in [0, 0.1) is 17.8 Å². The van der Waals surface area contributed by atoms with Gasteiger partial charge in [0.15, 0.2) is 0 Å². The van der Waals surface area contributed by atoms with Gasteiger partial charge in [0, 0.05) is 5.92 Å². The SMILES string of the molecule is CC(=O)[C@H]1C[C@H]2CC[C@H]21. The fraction of sp³-hybridized carbons (Fsp3) is 0.875. The maximum Gasteiger partial charge on any atom is 0.133 e. The van der Waals surface area contributed by atoms with Crippen molar-refractivity contribution < 1.29 is 4.79 Å². The first-order valence-corrected chi connectivity index (χ1v) is 3.79. The highest BCUT2D eigenvalue weighted by atomic mass is 16.1. The van der Waals surface area contributed by atoms with Crippen LogP contribution < -0.4 is 0 Å². The number of Topliss-reactive ketones (excluding diaryl/α,β-unsaturated/α-hetero) is 1. The Balaban J connectivity index is 1.97. The minimum atomic E-state index is 0.427. The Morgan fingerprint density at radius 1 is 1.44 bits per heavy atom. The Labute approximate surface area is 55.4 Å². The average molecular weight is 124 g/mol. The summed E-state index contributed by atoms with van der Waals surface area (Å²) in [5, 5.41) is 0. The zero-order valence-corrected chi connectivity index (χ0v) is 5.76. The molecule has 2 rings (SSSR count). The van der Waals surface area contributed by atoms with Gasteiger partial charge in [-0.1, -0.05) is 0 Å². The van der Waals surface area contributed by atoms with E-state index < -0.39 is 0 Å². The second kappa shape index (κ2) is 1.59. The lowest BCUT2D eigenvalue weighted by Gasteiger charge is -2.52. The molecule has 9 heavy (non-hydrogen) atoms. The van der Waals surface area contributed by atoms with Crippen LogP contribution in [0.5, 0.6) is 0 Å². The Hall–Kier alpha value is -0.330. The molecule has 3 atom stereocenters. The molecule has 50 valence electrons. The Bertz CT molecular complexity index is 151. The molecule has 2 aliphatic carbocycles. The van der Waals surface area contributed by atoms with Crippen LogP contribution in [-0.4, -0.2) is 5.78 Å². The van der Waals surface area contributed by atoms with E-state index in [2.05, 4.69) is 0 Å². The predicted molar refractivity (Wildman–Crippen MR) is 35.0 cm³/mol. The van der Waals surface area contributed by atoms with E-state index in [4.69, 9.17) is 0 Å². The number of rotatable bonds is 1. The van der Waals surface area contributed by atoms with E-state index in [1.807, 2.05) is 0 Å². The second-order valence-corrected chi connectivity index (χ2v) is 3.45. The lowest BCUT2D eigenvalue weighted by atomic mass is 9.52. The molecule has 0 aliphatic heterocycles. The van der Waals surface area contributed by atoms with Crippen LogP contribution >= 0.6 is 0 Å². The minimum absolute atomic E-state index is 0.427. The standard InChI is InChI=1S/C8H12O/c1-5(9)8-4-6-2-3-7(6)8/h6-8H,2-4H2,1H3/t6-,7-,8-/m1/s1. The van der Waals surface area contributed by atoms with Crippen LogP contribution in [0.15, 0.2) is 0 Å². The van der Waals surface area contributed by atoms with Gasteiger partial charge in [0.1, 0.15) is 5.78 Å². The van der Waals surface area contributed by atoms with E-state index in [1.54, 1.807) is 6.92 Å². The molecule has 1 heteroatoms.